The van der Waals surface area contributed by atoms with E-state index >= 15 is 0 Å². The second-order valence-electron chi connectivity index (χ2n) is 5.72. The van der Waals surface area contributed by atoms with Crippen LogP contribution in [-0.4, -0.2) is 24.4 Å². The number of hydrogen-bond donors (Lipinski definition) is 1. The van der Waals surface area contributed by atoms with Gasteiger partial charge in [-0.3, -0.25) is 4.79 Å². The van der Waals surface area contributed by atoms with Crippen molar-refractivity contribution in [3.8, 4) is 17.2 Å². The van der Waals surface area contributed by atoms with Crippen LogP contribution in [0.5, 0.6) is 17.2 Å². The Morgan fingerprint density at radius 2 is 1.62 bits per heavy atom. The Morgan fingerprint density at radius 3 is 2.27 bits per heavy atom. The Morgan fingerprint density at radius 1 is 0.923 bits per heavy atom. The van der Waals surface area contributed by atoms with Crippen LogP contribution in [-0.2, 0) is 13.0 Å². The molecule has 6 heteroatoms. The van der Waals surface area contributed by atoms with Crippen LogP contribution in [0.4, 0.5) is 0 Å². The van der Waals surface area contributed by atoms with Crippen LogP contribution in [0.3, 0.4) is 0 Å². The van der Waals surface area contributed by atoms with Gasteiger partial charge in [-0.2, -0.15) is 5.10 Å². The van der Waals surface area contributed by atoms with E-state index < -0.39 is 0 Å². The first kappa shape index (κ1) is 17.5. The van der Waals surface area contributed by atoms with Crippen LogP contribution in [0.15, 0.2) is 59.4 Å². The number of aromatic nitrogens is 2. The lowest BCUT2D eigenvalue weighted by Crippen LogP contribution is -2.12. The highest BCUT2D eigenvalue weighted by Gasteiger charge is 2.11. The number of ether oxygens (including phenoxy) is 3. The lowest BCUT2D eigenvalue weighted by molar-refractivity contribution is 0.300. The van der Waals surface area contributed by atoms with Crippen LogP contribution < -0.4 is 19.8 Å². The molecule has 0 bridgehead atoms. The van der Waals surface area contributed by atoms with E-state index in [0.717, 1.165) is 11.1 Å². The molecule has 0 amide bonds. The number of aromatic amines is 1. The van der Waals surface area contributed by atoms with Crippen LogP contribution in [0.1, 0.15) is 16.8 Å². The average molecular weight is 352 g/mol. The molecule has 1 N–H and O–H groups in total. The number of rotatable bonds is 7. The molecular weight excluding hydrogens is 332 g/mol. The molecule has 6 nitrogen and oxygen atoms in total. The first-order chi connectivity index (χ1) is 12.7. The number of methoxy groups -OCH3 is 2. The zero-order valence-corrected chi connectivity index (χ0v) is 14.7. The molecule has 0 fully saturated rings. The van der Waals surface area contributed by atoms with Crippen molar-refractivity contribution in [2.24, 2.45) is 0 Å². The van der Waals surface area contributed by atoms with Gasteiger partial charge in [-0.15, -0.1) is 0 Å². The second kappa shape index (κ2) is 8.20. The van der Waals surface area contributed by atoms with Crippen molar-refractivity contribution in [1.82, 2.24) is 10.2 Å². The van der Waals surface area contributed by atoms with Crippen LogP contribution in [0.25, 0.3) is 0 Å². The van der Waals surface area contributed by atoms with Gasteiger partial charge < -0.3 is 14.2 Å². The minimum atomic E-state index is -0.306. The number of H-pyrrole nitrogens is 1. The molecule has 0 atom stereocenters. The van der Waals surface area contributed by atoms with Crippen molar-refractivity contribution < 1.29 is 14.2 Å². The molecule has 0 unspecified atom stereocenters. The highest BCUT2D eigenvalue weighted by atomic mass is 16.5. The molecule has 0 saturated heterocycles. The monoisotopic (exact) mass is 352 g/mol. The molecule has 0 saturated carbocycles. The predicted molar refractivity (Wildman–Crippen MR) is 98.0 cm³/mol. The van der Waals surface area contributed by atoms with E-state index in [9.17, 15) is 4.79 Å². The van der Waals surface area contributed by atoms with Gasteiger partial charge in [-0.05, 0) is 23.3 Å². The summed E-state index contributed by atoms with van der Waals surface area (Å²) in [6.07, 6.45) is 0.467. The fourth-order valence-electron chi connectivity index (χ4n) is 2.56. The van der Waals surface area contributed by atoms with Gasteiger partial charge in [0, 0.05) is 18.6 Å². The van der Waals surface area contributed by atoms with Gasteiger partial charge in [0.15, 0.2) is 0 Å². The number of benzene rings is 2. The third-order valence-corrected chi connectivity index (χ3v) is 3.87. The molecule has 0 aliphatic rings. The fraction of sp³-hybridized carbons (Fsp3) is 0.200. The summed E-state index contributed by atoms with van der Waals surface area (Å²) in [6.45, 7) is 0.362. The number of nitrogens with zero attached hydrogens (tertiary/aromatic N) is 1. The number of hydrogen-bond acceptors (Lipinski definition) is 5. The Labute approximate surface area is 151 Å². The van der Waals surface area contributed by atoms with Gasteiger partial charge >= 0.3 is 0 Å². The van der Waals surface area contributed by atoms with Gasteiger partial charge in [-0.1, -0.05) is 30.3 Å². The predicted octanol–water partition coefficient (Wildman–Crippen LogP) is 2.96. The summed E-state index contributed by atoms with van der Waals surface area (Å²) in [7, 11) is 3.20. The SMILES string of the molecule is COc1cc(Cc2n[nH]c(=O)cc2OCc2ccccc2)cc(OC)c1. The molecule has 0 aliphatic heterocycles. The molecule has 2 aromatic carbocycles. The van der Waals surface area contributed by atoms with E-state index in [1.54, 1.807) is 20.3 Å². The van der Waals surface area contributed by atoms with E-state index in [4.69, 9.17) is 14.2 Å². The Hall–Kier alpha value is -3.28. The maximum atomic E-state index is 11.7. The van der Waals surface area contributed by atoms with E-state index in [-0.39, 0.29) is 5.56 Å². The van der Waals surface area contributed by atoms with E-state index in [1.165, 1.54) is 6.07 Å². The Balaban J connectivity index is 1.85. The van der Waals surface area contributed by atoms with E-state index in [1.807, 2.05) is 42.5 Å². The largest absolute Gasteiger partial charge is 0.497 e. The molecule has 0 spiro atoms. The van der Waals surface area contributed by atoms with Crippen LogP contribution in [0.2, 0.25) is 0 Å². The summed E-state index contributed by atoms with van der Waals surface area (Å²) in [5, 5.41) is 6.62. The van der Waals surface area contributed by atoms with Gasteiger partial charge in [-0.25, -0.2) is 5.10 Å². The quantitative estimate of drug-likeness (QED) is 0.708. The first-order valence-corrected chi connectivity index (χ1v) is 8.15. The lowest BCUT2D eigenvalue weighted by atomic mass is 10.1. The maximum Gasteiger partial charge on any atom is 0.267 e. The molecule has 26 heavy (non-hydrogen) atoms. The normalized spacial score (nSPS) is 10.4. The summed E-state index contributed by atoms with van der Waals surface area (Å²) in [5.41, 5.74) is 2.28. The molecule has 1 aromatic heterocycles. The van der Waals surface area contributed by atoms with Crippen LogP contribution in [0, 0.1) is 0 Å². The summed E-state index contributed by atoms with van der Waals surface area (Å²) < 4.78 is 16.4. The summed E-state index contributed by atoms with van der Waals surface area (Å²) >= 11 is 0. The molecule has 1 heterocycles. The van der Waals surface area contributed by atoms with Crippen molar-refractivity contribution in [3.05, 3.63) is 81.8 Å². The molecule has 0 aliphatic carbocycles. The smallest absolute Gasteiger partial charge is 0.267 e. The summed E-state index contributed by atoms with van der Waals surface area (Å²) in [5.74, 6) is 1.84. The zero-order chi connectivity index (χ0) is 18.4. The van der Waals surface area contributed by atoms with Crippen molar-refractivity contribution in [2.75, 3.05) is 14.2 Å². The van der Waals surface area contributed by atoms with Crippen molar-refractivity contribution in [1.29, 1.82) is 0 Å². The zero-order valence-electron chi connectivity index (χ0n) is 14.7. The van der Waals surface area contributed by atoms with E-state index in [0.29, 0.717) is 36.0 Å². The molecular formula is C20H20N2O4. The minimum Gasteiger partial charge on any atom is -0.497 e. The van der Waals surface area contributed by atoms with Gasteiger partial charge in [0.05, 0.1) is 14.2 Å². The highest BCUT2D eigenvalue weighted by molar-refractivity contribution is 5.41. The molecule has 3 aromatic rings. The van der Waals surface area contributed by atoms with E-state index in [2.05, 4.69) is 10.2 Å². The van der Waals surface area contributed by atoms with Crippen molar-refractivity contribution in [2.45, 2.75) is 13.0 Å². The fourth-order valence-corrected chi connectivity index (χ4v) is 2.56. The molecule has 0 radical (unpaired) electrons. The number of nitrogens with one attached hydrogen (secondary N) is 1. The highest BCUT2D eigenvalue weighted by Crippen LogP contribution is 2.26. The lowest BCUT2D eigenvalue weighted by Gasteiger charge is -2.12. The molecule has 3 rings (SSSR count). The summed E-state index contributed by atoms with van der Waals surface area (Å²) in [4.78, 5) is 11.7. The first-order valence-electron chi connectivity index (χ1n) is 8.15. The van der Waals surface area contributed by atoms with Gasteiger partial charge in [0.2, 0.25) is 0 Å². The topological polar surface area (TPSA) is 73.4 Å². The maximum absolute atomic E-state index is 11.7. The van der Waals surface area contributed by atoms with Gasteiger partial charge in [0.1, 0.15) is 29.5 Å². The van der Waals surface area contributed by atoms with Crippen molar-refractivity contribution >= 4 is 0 Å². The second-order valence-corrected chi connectivity index (χ2v) is 5.72. The minimum absolute atomic E-state index is 0.306. The average Bonchev–Trinajstić information content (AvgIpc) is 2.68. The Bertz CT molecular complexity index is 900. The van der Waals surface area contributed by atoms with Gasteiger partial charge in [0.25, 0.3) is 5.56 Å². The van der Waals surface area contributed by atoms with Crippen molar-refractivity contribution in [3.63, 3.8) is 0 Å². The third kappa shape index (κ3) is 4.42. The standard InChI is InChI=1S/C20H20N2O4/c1-24-16-8-15(9-17(11-16)25-2)10-18-19(12-20(23)22-21-18)26-13-14-6-4-3-5-7-14/h3-9,11-12H,10,13H2,1-2H3,(H,22,23). The summed E-state index contributed by atoms with van der Waals surface area (Å²) in [6, 6.07) is 16.8. The van der Waals surface area contributed by atoms with Crippen LogP contribution >= 0.6 is 0 Å². The molecule has 134 valence electrons. The Kier molecular flexibility index (Phi) is 5.53. The third-order valence-electron chi connectivity index (χ3n) is 3.87.